The number of aromatic amines is 2. The molecule has 6 nitrogen and oxygen atoms in total. The van der Waals surface area contributed by atoms with E-state index in [9.17, 15) is 9.59 Å². The van der Waals surface area contributed by atoms with Crippen LogP contribution in [0.2, 0.25) is 0 Å². The molecule has 0 unspecified atom stereocenters. The number of H-pyrrole nitrogens is 2. The molecule has 142 valence electrons. The van der Waals surface area contributed by atoms with Crippen LogP contribution in [-0.4, -0.2) is 34.4 Å². The van der Waals surface area contributed by atoms with E-state index in [-0.39, 0.29) is 11.8 Å². The van der Waals surface area contributed by atoms with Crippen molar-refractivity contribution >= 4 is 33.6 Å². The van der Waals surface area contributed by atoms with E-state index in [0.29, 0.717) is 12.2 Å². The second-order valence-electron chi connectivity index (χ2n) is 6.87. The summed E-state index contributed by atoms with van der Waals surface area (Å²) in [7, 11) is 0. The fourth-order valence-corrected chi connectivity index (χ4v) is 3.35. The summed E-state index contributed by atoms with van der Waals surface area (Å²) in [4.78, 5) is 31.0. The summed E-state index contributed by atoms with van der Waals surface area (Å²) < 4.78 is 0. The number of carbonyl (C=O) groups excluding carboxylic acids is 2. The number of hydrogen-bond acceptors (Lipinski definition) is 2. The molecule has 1 atom stereocenters. The van der Waals surface area contributed by atoms with E-state index < -0.39 is 6.04 Å². The molecule has 2 aromatic heterocycles. The zero-order chi connectivity index (χ0) is 19.5. The maximum atomic E-state index is 12.4. The predicted molar refractivity (Wildman–Crippen MR) is 110 cm³/mol. The molecule has 0 spiro atoms. The van der Waals surface area contributed by atoms with Crippen molar-refractivity contribution in [3.8, 4) is 0 Å². The highest BCUT2D eigenvalue weighted by atomic mass is 16.2. The van der Waals surface area contributed by atoms with Gasteiger partial charge in [-0.1, -0.05) is 36.4 Å². The average Bonchev–Trinajstić information content (AvgIpc) is 3.32. The van der Waals surface area contributed by atoms with Gasteiger partial charge in [0.1, 0.15) is 11.7 Å². The fourth-order valence-electron chi connectivity index (χ4n) is 3.35. The van der Waals surface area contributed by atoms with Gasteiger partial charge in [-0.2, -0.15) is 0 Å². The van der Waals surface area contributed by atoms with Crippen molar-refractivity contribution < 1.29 is 9.59 Å². The summed E-state index contributed by atoms with van der Waals surface area (Å²) in [6.07, 6.45) is 2.69. The summed E-state index contributed by atoms with van der Waals surface area (Å²) in [5.74, 6) is -0.500. The van der Waals surface area contributed by atoms with Gasteiger partial charge >= 0.3 is 0 Å². The maximum Gasteiger partial charge on any atom is 0.268 e. The van der Waals surface area contributed by atoms with Crippen molar-refractivity contribution in [3.05, 3.63) is 72.1 Å². The lowest BCUT2D eigenvalue weighted by molar-refractivity contribution is -0.122. The van der Waals surface area contributed by atoms with E-state index in [2.05, 4.69) is 26.7 Å². The van der Waals surface area contributed by atoms with Gasteiger partial charge in [0, 0.05) is 34.5 Å². The molecule has 0 aliphatic heterocycles. The van der Waals surface area contributed by atoms with Crippen LogP contribution in [0, 0.1) is 0 Å². The molecule has 0 saturated carbocycles. The molecule has 6 heteroatoms. The monoisotopic (exact) mass is 374 g/mol. The van der Waals surface area contributed by atoms with E-state index in [1.54, 1.807) is 13.0 Å². The Bertz CT molecular complexity index is 1110. The zero-order valence-electron chi connectivity index (χ0n) is 15.6. The highest BCUT2D eigenvalue weighted by Gasteiger charge is 2.17. The van der Waals surface area contributed by atoms with Gasteiger partial charge in [0.05, 0.1) is 0 Å². The Balaban J connectivity index is 1.31. The number of aromatic nitrogens is 2. The number of nitrogens with one attached hydrogen (secondary N) is 4. The normalized spacial score (nSPS) is 12.2. The van der Waals surface area contributed by atoms with Gasteiger partial charge in [-0.3, -0.25) is 9.59 Å². The van der Waals surface area contributed by atoms with Gasteiger partial charge in [0.2, 0.25) is 5.91 Å². The number of fused-ring (bicyclic) bond motifs is 2. The quantitative estimate of drug-likeness (QED) is 0.418. The van der Waals surface area contributed by atoms with Gasteiger partial charge in [-0.05, 0) is 37.1 Å². The molecule has 0 bridgehead atoms. The van der Waals surface area contributed by atoms with Crippen molar-refractivity contribution in [1.82, 2.24) is 20.6 Å². The Morgan fingerprint density at radius 2 is 1.79 bits per heavy atom. The van der Waals surface area contributed by atoms with E-state index in [0.717, 1.165) is 33.8 Å². The van der Waals surface area contributed by atoms with Crippen LogP contribution in [0.4, 0.5) is 0 Å². The van der Waals surface area contributed by atoms with Crippen molar-refractivity contribution in [2.75, 3.05) is 6.54 Å². The molecule has 2 amide bonds. The van der Waals surface area contributed by atoms with Crippen LogP contribution >= 0.6 is 0 Å². The van der Waals surface area contributed by atoms with Gasteiger partial charge in [-0.15, -0.1) is 0 Å². The first kappa shape index (κ1) is 17.9. The van der Waals surface area contributed by atoms with Crippen LogP contribution in [0.15, 0.2) is 60.8 Å². The van der Waals surface area contributed by atoms with Crippen LogP contribution in [0.5, 0.6) is 0 Å². The van der Waals surface area contributed by atoms with Crippen LogP contribution in [-0.2, 0) is 11.2 Å². The molecule has 0 saturated heterocycles. The number of amides is 2. The molecular formula is C22H22N4O2. The second kappa shape index (κ2) is 7.60. The number of para-hydroxylation sites is 2. The van der Waals surface area contributed by atoms with Gasteiger partial charge in [-0.25, -0.2) is 0 Å². The third-order valence-electron chi connectivity index (χ3n) is 4.88. The van der Waals surface area contributed by atoms with Gasteiger partial charge in [0.15, 0.2) is 0 Å². The summed E-state index contributed by atoms with van der Waals surface area (Å²) in [5.41, 5.74) is 3.58. The summed E-state index contributed by atoms with van der Waals surface area (Å²) >= 11 is 0. The lowest BCUT2D eigenvalue weighted by atomic mass is 10.1. The first-order valence-corrected chi connectivity index (χ1v) is 9.33. The fraction of sp³-hybridized carbons (Fsp3) is 0.182. The molecule has 2 aromatic carbocycles. The first-order chi connectivity index (χ1) is 13.6. The van der Waals surface area contributed by atoms with E-state index in [1.165, 1.54) is 0 Å². The molecule has 28 heavy (non-hydrogen) atoms. The molecule has 4 rings (SSSR count). The van der Waals surface area contributed by atoms with Crippen molar-refractivity contribution in [2.24, 2.45) is 0 Å². The van der Waals surface area contributed by atoms with Crippen molar-refractivity contribution in [2.45, 2.75) is 19.4 Å². The number of rotatable bonds is 6. The van der Waals surface area contributed by atoms with Crippen molar-refractivity contribution in [1.29, 1.82) is 0 Å². The molecule has 0 aliphatic carbocycles. The smallest absolute Gasteiger partial charge is 0.268 e. The first-order valence-electron chi connectivity index (χ1n) is 9.33. The topological polar surface area (TPSA) is 89.8 Å². The summed E-state index contributed by atoms with van der Waals surface area (Å²) in [6, 6.07) is 16.9. The Morgan fingerprint density at radius 3 is 2.61 bits per heavy atom. The summed E-state index contributed by atoms with van der Waals surface area (Å²) in [6.45, 7) is 2.19. The lowest BCUT2D eigenvalue weighted by Crippen LogP contribution is -2.45. The largest absolute Gasteiger partial charge is 0.361 e. The van der Waals surface area contributed by atoms with Crippen LogP contribution < -0.4 is 10.6 Å². The number of hydrogen-bond donors (Lipinski definition) is 4. The average molecular weight is 374 g/mol. The lowest BCUT2D eigenvalue weighted by Gasteiger charge is -2.13. The standard InChI is InChI=1S/C22H22N4O2/c1-14(25-22(28)20-12-15-6-2-4-8-18(15)26-20)21(27)23-11-10-16-13-24-19-9-5-3-7-17(16)19/h2-9,12-14,24,26H,10-11H2,1H3,(H,23,27)(H,25,28)/t14-/m1/s1. The minimum atomic E-state index is -0.623. The Kier molecular flexibility index (Phi) is 4.85. The highest BCUT2D eigenvalue weighted by Crippen LogP contribution is 2.17. The Morgan fingerprint density at radius 1 is 1.04 bits per heavy atom. The minimum Gasteiger partial charge on any atom is -0.361 e. The zero-order valence-corrected chi connectivity index (χ0v) is 15.6. The van der Waals surface area contributed by atoms with E-state index >= 15 is 0 Å². The maximum absolute atomic E-state index is 12.4. The predicted octanol–water partition coefficient (Wildman–Crippen LogP) is 3.13. The number of carbonyl (C=O) groups is 2. The Hall–Kier alpha value is -3.54. The van der Waals surface area contributed by atoms with E-state index in [4.69, 9.17) is 0 Å². The molecule has 2 heterocycles. The van der Waals surface area contributed by atoms with E-state index in [1.807, 2.05) is 48.7 Å². The molecule has 0 aliphatic rings. The molecule has 4 aromatic rings. The second-order valence-corrected chi connectivity index (χ2v) is 6.87. The third kappa shape index (κ3) is 3.62. The number of benzene rings is 2. The van der Waals surface area contributed by atoms with Crippen LogP contribution in [0.1, 0.15) is 23.0 Å². The Labute approximate surface area is 162 Å². The molecule has 0 fully saturated rings. The van der Waals surface area contributed by atoms with Crippen LogP contribution in [0.25, 0.3) is 21.8 Å². The van der Waals surface area contributed by atoms with Crippen molar-refractivity contribution in [3.63, 3.8) is 0 Å². The van der Waals surface area contributed by atoms with Crippen LogP contribution in [0.3, 0.4) is 0 Å². The molecular weight excluding hydrogens is 352 g/mol. The summed E-state index contributed by atoms with van der Waals surface area (Å²) in [5, 5.41) is 7.76. The molecule has 4 N–H and O–H groups in total. The molecule has 0 radical (unpaired) electrons. The highest BCUT2D eigenvalue weighted by molar-refractivity contribution is 6.00. The van der Waals surface area contributed by atoms with Gasteiger partial charge in [0.25, 0.3) is 5.91 Å². The third-order valence-corrected chi connectivity index (χ3v) is 4.88. The van der Waals surface area contributed by atoms with Gasteiger partial charge < -0.3 is 20.6 Å². The minimum absolute atomic E-state index is 0.204. The SMILES string of the molecule is C[C@@H](NC(=O)c1cc2ccccc2[nH]1)C(=O)NCCc1c[nH]c2ccccc12.